The Morgan fingerprint density at radius 2 is 1.88 bits per heavy atom. The minimum absolute atomic E-state index is 0.252. The van der Waals surface area contributed by atoms with Gasteiger partial charge in [-0.05, 0) is 12.1 Å². The molecule has 0 aliphatic rings. The van der Waals surface area contributed by atoms with Crippen LogP contribution in [-0.2, 0) is 9.57 Å². The van der Waals surface area contributed by atoms with Crippen LogP contribution in [0.5, 0.6) is 0 Å². The van der Waals surface area contributed by atoms with E-state index < -0.39 is 18.9 Å². The number of carbonyl (C=O) groups excluding carboxylic acids is 1. The van der Waals surface area contributed by atoms with Gasteiger partial charge >= 0.3 is 12.3 Å². The number of halogens is 3. The Bertz CT molecular complexity index is 354. The molecule has 0 radical (unpaired) electrons. The third-order valence-electron chi connectivity index (χ3n) is 1.64. The van der Waals surface area contributed by atoms with Gasteiger partial charge in [-0.3, -0.25) is 4.74 Å². The average Bonchev–Trinajstić information content (AvgIpc) is 2.28. The van der Waals surface area contributed by atoms with Gasteiger partial charge < -0.3 is 4.84 Å². The fourth-order valence-corrected chi connectivity index (χ4v) is 0.958. The Labute approximate surface area is 95.3 Å². The Balaban J connectivity index is 2.18. The van der Waals surface area contributed by atoms with Crippen LogP contribution in [0.1, 0.15) is 10.4 Å². The number of hydrogen-bond acceptors (Lipinski definition) is 4. The number of rotatable bonds is 5. The Morgan fingerprint density at radius 3 is 2.47 bits per heavy atom. The van der Waals surface area contributed by atoms with Crippen molar-refractivity contribution in [3.05, 3.63) is 35.9 Å². The molecule has 1 N–H and O–H groups in total. The highest BCUT2D eigenvalue weighted by Crippen LogP contribution is 2.15. The van der Waals surface area contributed by atoms with E-state index in [0.29, 0.717) is 5.56 Å². The minimum Gasteiger partial charge on any atom is -0.367 e. The summed E-state index contributed by atoms with van der Waals surface area (Å²) >= 11 is 0. The second-order valence-electron chi connectivity index (χ2n) is 2.94. The van der Waals surface area contributed by atoms with E-state index in [-0.39, 0.29) is 6.54 Å². The highest BCUT2D eigenvalue weighted by molar-refractivity contribution is 5.89. The topological polar surface area (TPSA) is 47.6 Å². The molecule has 94 valence electrons. The summed E-state index contributed by atoms with van der Waals surface area (Å²) in [5, 5.41) is 0. The van der Waals surface area contributed by atoms with Crippen molar-refractivity contribution in [2.24, 2.45) is 0 Å². The van der Waals surface area contributed by atoms with Crippen LogP contribution in [-0.4, -0.2) is 25.5 Å². The summed E-state index contributed by atoms with van der Waals surface area (Å²) < 4.78 is 38.1. The summed E-state index contributed by atoms with van der Waals surface area (Å²) in [7, 11) is 0. The molecule has 0 aromatic heterocycles. The molecule has 1 aromatic rings. The van der Waals surface area contributed by atoms with E-state index in [1.807, 2.05) is 0 Å². The van der Waals surface area contributed by atoms with Gasteiger partial charge in [0, 0.05) is 0 Å². The van der Waals surface area contributed by atoms with Crippen LogP contribution in [0.25, 0.3) is 0 Å². The lowest BCUT2D eigenvalue weighted by Crippen LogP contribution is -2.26. The molecule has 0 fully saturated rings. The minimum atomic E-state index is -4.68. The first-order chi connectivity index (χ1) is 7.99. The highest BCUT2D eigenvalue weighted by atomic mass is 19.4. The molecule has 0 aliphatic heterocycles. The van der Waals surface area contributed by atoms with Crippen LogP contribution in [0, 0.1) is 0 Å². The van der Waals surface area contributed by atoms with Crippen molar-refractivity contribution in [3.8, 4) is 0 Å². The Kier molecular flexibility index (Phi) is 4.92. The summed E-state index contributed by atoms with van der Waals surface area (Å²) in [5.41, 5.74) is 2.38. The average molecular weight is 249 g/mol. The lowest BCUT2D eigenvalue weighted by molar-refractivity contribution is -0.324. The smallest absolute Gasteiger partial charge is 0.367 e. The lowest BCUT2D eigenvalue weighted by atomic mass is 10.2. The third-order valence-corrected chi connectivity index (χ3v) is 1.64. The number of benzene rings is 1. The number of ether oxygens (including phenoxy) is 1. The van der Waals surface area contributed by atoms with E-state index in [4.69, 9.17) is 0 Å². The standard InChI is InChI=1S/C10H10F3NO3/c11-10(12,13)16-7-6-14-17-9(15)8-4-2-1-3-5-8/h1-5,14H,6-7H2. The molecule has 0 aliphatic carbocycles. The number of hydroxylamine groups is 1. The van der Waals surface area contributed by atoms with Crippen LogP contribution in [0.15, 0.2) is 30.3 Å². The number of carbonyl (C=O) groups is 1. The van der Waals surface area contributed by atoms with E-state index in [9.17, 15) is 18.0 Å². The SMILES string of the molecule is O=C(ONCCOC(F)(F)F)c1ccccc1. The first-order valence-corrected chi connectivity index (χ1v) is 4.69. The Morgan fingerprint density at radius 1 is 1.24 bits per heavy atom. The molecule has 1 aromatic carbocycles. The third kappa shape index (κ3) is 5.88. The van der Waals surface area contributed by atoms with Crippen molar-refractivity contribution in [1.82, 2.24) is 5.48 Å². The first kappa shape index (κ1) is 13.5. The van der Waals surface area contributed by atoms with Crippen LogP contribution in [0.2, 0.25) is 0 Å². The van der Waals surface area contributed by atoms with Gasteiger partial charge in [-0.1, -0.05) is 18.2 Å². The van der Waals surface area contributed by atoms with E-state index >= 15 is 0 Å². The highest BCUT2D eigenvalue weighted by Gasteiger charge is 2.28. The van der Waals surface area contributed by atoms with Crippen LogP contribution in [0.3, 0.4) is 0 Å². The molecule has 0 unspecified atom stereocenters. The van der Waals surface area contributed by atoms with E-state index in [1.165, 1.54) is 12.1 Å². The molecule has 0 amide bonds. The summed E-state index contributed by atoms with van der Waals surface area (Å²) in [6, 6.07) is 8.06. The molecule has 4 nitrogen and oxygen atoms in total. The van der Waals surface area contributed by atoms with E-state index in [0.717, 1.165) is 0 Å². The maximum absolute atomic E-state index is 11.5. The van der Waals surface area contributed by atoms with Crippen molar-refractivity contribution < 1.29 is 27.5 Å². The van der Waals surface area contributed by atoms with Gasteiger partial charge in [0.2, 0.25) is 0 Å². The van der Waals surface area contributed by atoms with Crippen LogP contribution >= 0.6 is 0 Å². The van der Waals surface area contributed by atoms with Gasteiger partial charge in [0.15, 0.2) is 0 Å². The maximum Gasteiger partial charge on any atom is 0.522 e. The second kappa shape index (κ2) is 6.21. The number of alkyl halides is 3. The van der Waals surface area contributed by atoms with Gasteiger partial charge in [-0.25, -0.2) is 4.79 Å². The van der Waals surface area contributed by atoms with Gasteiger partial charge in [0.1, 0.15) is 0 Å². The molecule has 0 heterocycles. The molecule has 0 bridgehead atoms. The van der Waals surface area contributed by atoms with Gasteiger partial charge in [0.05, 0.1) is 18.7 Å². The normalized spacial score (nSPS) is 11.2. The zero-order valence-electron chi connectivity index (χ0n) is 8.66. The number of hydrogen-bond donors (Lipinski definition) is 1. The quantitative estimate of drug-likeness (QED) is 0.639. The molecular formula is C10H10F3NO3. The van der Waals surface area contributed by atoms with Gasteiger partial charge in [-0.15, -0.1) is 13.2 Å². The molecule has 1 rings (SSSR count). The summed E-state index contributed by atoms with van der Waals surface area (Å²) in [6.45, 7) is -0.885. The fraction of sp³-hybridized carbons (Fsp3) is 0.300. The molecule has 0 saturated carbocycles. The van der Waals surface area contributed by atoms with Crippen molar-refractivity contribution in [1.29, 1.82) is 0 Å². The maximum atomic E-state index is 11.5. The zero-order chi connectivity index (χ0) is 12.7. The van der Waals surface area contributed by atoms with E-state index in [1.54, 1.807) is 18.2 Å². The van der Waals surface area contributed by atoms with E-state index in [2.05, 4.69) is 15.1 Å². The van der Waals surface area contributed by atoms with Crippen molar-refractivity contribution in [3.63, 3.8) is 0 Å². The fourth-order valence-electron chi connectivity index (χ4n) is 0.958. The van der Waals surface area contributed by atoms with Crippen LogP contribution < -0.4 is 5.48 Å². The lowest BCUT2D eigenvalue weighted by Gasteiger charge is -2.08. The molecule has 0 spiro atoms. The predicted octanol–water partition coefficient (Wildman–Crippen LogP) is 1.88. The monoisotopic (exact) mass is 249 g/mol. The molecule has 0 saturated heterocycles. The second-order valence-corrected chi connectivity index (χ2v) is 2.94. The summed E-state index contributed by atoms with van der Waals surface area (Å²) in [6.07, 6.45) is -4.68. The van der Waals surface area contributed by atoms with Gasteiger partial charge in [-0.2, -0.15) is 5.48 Å². The predicted molar refractivity (Wildman–Crippen MR) is 51.9 cm³/mol. The van der Waals surface area contributed by atoms with Crippen molar-refractivity contribution >= 4 is 5.97 Å². The summed E-state index contributed by atoms with van der Waals surface area (Å²) in [5.74, 6) is -0.669. The molecule has 17 heavy (non-hydrogen) atoms. The van der Waals surface area contributed by atoms with Crippen molar-refractivity contribution in [2.75, 3.05) is 13.2 Å². The molecule has 7 heteroatoms. The summed E-state index contributed by atoms with van der Waals surface area (Å²) in [4.78, 5) is 15.8. The number of nitrogens with one attached hydrogen (secondary N) is 1. The Hall–Kier alpha value is -1.60. The largest absolute Gasteiger partial charge is 0.522 e. The van der Waals surface area contributed by atoms with Crippen molar-refractivity contribution in [2.45, 2.75) is 6.36 Å². The first-order valence-electron chi connectivity index (χ1n) is 4.69. The molecular weight excluding hydrogens is 239 g/mol. The van der Waals surface area contributed by atoms with Gasteiger partial charge in [0.25, 0.3) is 0 Å². The van der Waals surface area contributed by atoms with Crippen LogP contribution in [0.4, 0.5) is 13.2 Å². The zero-order valence-corrected chi connectivity index (χ0v) is 8.66. The molecule has 0 atom stereocenters.